The monoisotopic (exact) mass is 251 g/mol. The smallest absolute Gasteiger partial charge is 0.0702 e. The lowest BCUT2D eigenvalue weighted by Gasteiger charge is -2.28. The predicted molar refractivity (Wildman–Crippen MR) is 77.7 cm³/mol. The first-order valence-electron chi connectivity index (χ1n) is 7.55. The van der Waals surface area contributed by atoms with E-state index in [1.54, 1.807) is 0 Å². The summed E-state index contributed by atoms with van der Waals surface area (Å²) in [6.45, 7) is 4.42. The molecule has 0 aliphatic heterocycles. The SMILES string of the molecule is CCCCCC(O)(CCCCC)Cc1ccc[nH]1. The highest BCUT2D eigenvalue weighted by molar-refractivity contribution is 5.07. The first-order chi connectivity index (χ1) is 8.70. The zero-order chi connectivity index (χ0) is 13.3. The summed E-state index contributed by atoms with van der Waals surface area (Å²) >= 11 is 0. The van der Waals surface area contributed by atoms with Gasteiger partial charge in [-0.1, -0.05) is 52.4 Å². The van der Waals surface area contributed by atoms with E-state index in [0.717, 1.165) is 37.8 Å². The zero-order valence-corrected chi connectivity index (χ0v) is 12.0. The van der Waals surface area contributed by atoms with Crippen molar-refractivity contribution in [3.05, 3.63) is 24.0 Å². The number of rotatable bonds is 10. The van der Waals surface area contributed by atoms with Gasteiger partial charge in [0.05, 0.1) is 5.60 Å². The Labute approximate surface area is 112 Å². The molecule has 0 bridgehead atoms. The van der Waals surface area contributed by atoms with Gasteiger partial charge in [-0.05, 0) is 25.0 Å². The Morgan fingerprint density at radius 1 is 1.06 bits per heavy atom. The number of aromatic amines is 1. The first kappa shape index (κ1) is 15.3. The second kappa shape index (κ2) is 8.36. The molecule has 0 unspecified atom stereocenters. The van der Waals surface area contributed by atoms with Crippen molar-refractivity contribution in [2.45, 2.75) is 77.2 Å². The molecule has 2 N–H and O–H groups in total. The standard InChI is InChI=1S/C16H29NO/c1-3-5-7-11-16(18,12-8-6-4-2)14-15-10-9-13-17-15/h9-10,13,17-18H,3-8,11-12,14H2,1-2H3. The van der Waals surface area contributed by atoms with E-state index in [4.69, 9.17) is 0 Å². The molecule has 0 aliphatic carbocycles. The normalized spacial score (nSPS) is 11.9. The van der Waals surface area contributed by atoms with Crippen molar-refractivity contribution in [3.63, 3.8) is 0 Å². The van der Waals surface area contributed by atoms with E-state index in [0.29, 0.717) is 0 Å². The van der Waals surface area contributed by atoms with Gasteiger partial charge in [-0.15, -0.1) is 0 Å². The molecule has 104 valence electrons. The Balaban J connectivity index is 2.48. The molecule has 0 aliphatic rings. The van der Waals surface area contributed by atoms with Crippen LogP contribution in [0.1, 0.15) is 70.9 Å². The van der Waals surface area contributed by atoms with Crippen LogP contribution in [0.3, 0.4) is 0 Å². The summed E-state index contributed by atoms with van der Waals surface area (Å²) in [5.74, 6) is 0. The summed E-state index contributed by atoms with van der Waals surface area (Å²) in [6, 6.07) is 4.08. The average molecular weight is 251 g/mol. The summed E-state index contributed by atoms with van der Waals surface area (Å²) < 4.78 is 0. The third kappa shape index (κ3) is 5.72. The Morgan fingerprint density at radius 2 is 1.67 bits per heavy atom. The van der Waals surface area contributed by atoms with Crippen LogP contribution in [0.4, 0.5) is 0 Å². The largest absolute Gasteiger partial charge is 0.389 e. The predicted octanol–water partition coefficient (Wildman–Crippen LogP) is 4.45. The van der Waals surface area contributed by atoms with Gasteiger partial charge in [-0.25, -0.2) is 0 Å². The van der Waals surface area contributed by atoms with Gasteiger partial charge in [-0.2, -0.15) is 0 Å². The summed E-state index contributed by atoms with van der Waals surface area (Å²) in [4.78, 5) is 3.21. The summed E-state index contributed by atoms with van der Waals surface area (Å²) in [5.41, 5.74) is 0.653. The lowest BCUT2D eigenvalue weighted by Crippen LogP contribution is -2.31. The van der Waals surface area contributed by atoms with Crippen molar-refractivity contribution in [2.24, 2.45) is 0 Å². The fourth-order valence-electron chi connectivity index (χ4n) is 2.54. The molecular formula is C16H29NO. The van der Waals surface area contributed by atoms with Crippen molar-refractivity contribution in [1.29, 1.82) is 0 Å². The van der Waals surface area contributed by atoms with Gasteiger partial charge in [0.25, 0.3) is 0 Å². The van der Waals surface area contributed by atoms with E-state index >= 15 is 0 Å². The molecule has 0 saturated heterocycles. The Morgan fingerprint density at radius 3 is 2.11 bits per heavy atom. The molecule has 0 radical (unpaired) electrons. The molecule has 2 heteroatoms. The van der Waals surface area contributed by atoms with Crippen LogP contribution in [-0.2, 0) is 6.42 Å². The van der Waals surface area contributed by atoms with Crippen LogP contribution in [0.5, 0.6) is 0 Å². The minimum absolute atomic E-state index is 0.505. The van der Waals surface area contributed by atoms with Crippen LogP contribution in [-0.4, -0.2) is 15.7 Å². The lowest BCUT2D eigenvalue weighted by molar-refractivity contribution is 0.0174. The number of aromatic nitrogens is 1. The van der Waals surface area contributed by atoms with Crippen LogP contribution in [0.2, 0.25) is 0 Å². The molecule has 18 heavy (non-hydrogen) atoms. The molecule has 2 nitrogen and oxygen atoms in total. The minimum atomic E-state index is -0.505. The maximum absolute atomic E-state index is 10.8. The van der Waals surface area contributed by atoms with Crippen LogP contribution in [0, 0.1) is 0 Å². The lowest BCUT2D eigenvalue weighted by atomic mass is 9.86. The molecule has 1 heterocycles. The third-order valence-electron chi connectivity index (χ3n) is 3.67. The van der Waals surface area contributed by atoms with Crippen LogP contribution >= 0.6 is 0 Å². The van der Waals surface area contributed by atoms with Gasteiger partial charge in [0.2, 0.25) is 0 Å². The molecule has 1 aromatic heterocycles. The Kier molecular flexibility index (Phi) is 7.11. The van der Waals surface area contributed by atoms with E-state index in [-0.39, 0.29) is 0 Å². The number of aliphatic hydroxyl groups is 1. The minimum Gasteiger partial charge on any atom is -0.389 e. The van der Waals surface area contributed by atoms with E-state index in [9.17, 15) is 5.11 Å². The summed E-state index contributed by atoms with van der Waals surface area (Å²) in [7, 11) is 0. The topological polar surface area (TPSA) is 36.0 Å². The van der Waals surface area contributed by atoms with Gasteiger partial charge in [0, 0.05) is 18.3 Å². The maximum atomic E-state index is 10.8. The van der Waals surface area contributed by atoms with Crippen molar-refractivity contribution in [3.8, 4) is 0 Å². The molecule has 0 atom stereocenters. The van der Waals surface area contributed by atoms with Crippen molar-refractivity contribution in [2.75, 3.05) is 0 Å². The molecule has 1 aromatic rings. The molecule has 0 saturated carbocycles. The number of hydrogen-bond acceptors (Lipinski definition) is 1. The average Bonchev–Trinajstić information content (AvgIpc) is 2.82. The highest BCUT2D eigenvalue weighted by Crippen LogP contribution is 2.26. The van der Waals surface area contributed by atoms with Crippen molar-refractivity contribution < 1.29 is 5.11 Å². The molecule has 0 amide bonds. The number of unbranched alkanes of at least 4 members (excludes halogenated alkanes) is 4. The van der Waals surface area contributed by atoms with E-state index in [1.807, 2.05) is 12.3 Å². The zero-order valence-electron chi connectivity index (χ0n) is 12.0. The molecule has 0 aromatic carbocycles. The Hall–Kier alpha value is -0.760. The van der Waals surface area contributed by atoms with Gasteiger partial charge < -0.3 is 10.1 Å². The maximum Gasteiger partial charge on any atom is 0.0702 e. The van der Waals surface area contributed by atoms with Gasteiger partial charge in [-0.3, -0.25) is 0 Å². The number of hydrogen-bond donors (Lipinski definition) is 2. The molecule has 0 spiro atoms. The third-order valence-corrected chi connectivity index (χ3v) is 3.67. The number of H-pyrrole nitrogens is 1. The molecular weight excluding hydrogens is 222 g/mol. The quantitative estimate of drug-likeness (QED) is 0.592. The summed E-state index contributed by atoms with van der Waals surface area (Å²) in [6.07, 6.45) is 11.7. The van der Waals surface area contributed by atoms with Gasteiger partial charge in [0.1, 0.15) is 0 Å². The van der Waals surface area contributed by atoms with E-state index in [2.05, 4.69) is 24.9 Å². The molecule has 1 rings (SSSR count). The molecule has 0 fully saturated rings. The van der Waals surface area contributed by atoms with E-state index < -0.39 is 5.60 Å². The number of nitrogens with one attached hydrogen (secondary N) is 1. The second-order valence-corrected chi connectivity index (χ2v) is 5.51. The van der Waals surface area contributed by atoms with Gasteiger partial charge >= 0.3 is 0 Å². The van der Waals surface area contributed by atoms with Crippen molar-refractivity contribution >= 4 is 0 Å². The van der Waals surface area contributed by atoms with Crippen LogP contribution < -0.4 is 0 Å². The fourth-order valence-corrected chi connectivity index (χ4v) is 2.54. The van der Waals surface area contributed by atoms with Crippen molar-refractivity contribution in [1.82, 2.24) is 4.98 Å². The highest BCUT2D eigenvalue weighted by Gasteiger charge is 2.26. The van der Waals surface area contributed by atoms with Gasteiger partial charge in [0.15, 0.2) is 0 Å². The Bertz CT molecular complexity index is 282. The highest BCUT2D eigenvalue weighted by atomic mass is 16.3. The fraction of sp³-hybridized carbons (Fsp3) is 0.750. The first-order valence-corrected chi connectivity index (χ1v) is 7.55. The van der Waals surface area contributed by atoms with E-state index in [1.165, 1.54) is 25.7 Å². The van der Waals surface area contributed by atoms with Crippen LogP contribution in [0.15, 0.2) is 18.3 Å². The summed E-state index contributed by atoms with van der Waals surface area (Å²) in [5, 5.41) is 10.8. The second-order valence-electron chi connectivity index (χ2n) is 5.51. The van der Waals surface area contributed by atoms with Crippen LogP contribution in [0.25, 0.3) is 0 Å².